The number of nitrogens with two attached hydrogens (primary N) is 1. The molecular formula is C16H15N3O3S. The minimum Gasteiger partial charge on any atom is -0.477 e. The van der Waals surface area contributed by atoms with E-state index in [4.69, 9.17) is 10.3 Å². The molecule has 7 heteroatoms. The summed E-state index contributed by atoms with van der Waals surface area (Å²) in [4.78, 5) is 16.3. The van der Waals surface area contributed by atoms with Crippen molar-refractivity contribution >= 4 is 23.0 Å². The Labute approximate surface area is 136 Å². The van der Waals surface area contributed by atoms with Crippen molar-refractivity contribution in [1.82, 2.24) is 10.1 Å². The highest BCUT2D eigenvalue weighted by Gasteiger charge is 2.20. The Morgan fingerprint density at radius 3 is 2.78 bits per heavy atom. The van der Waals surface area contributed by atoms with E-state index < -0.39 is 5.97 Å². The Morgan fingerprint density at radius 2 is 2.17 bits per heavy atom. The minimum absolute atomic E-state index is 0.206. The fraction of sp³-hybridized carbons (Fsp3) is 0.188. The van der Waals surface area contributed by atoms with Gasteiger partial charge in [-0.25, -0.2) is 9.78 Å². The molecule has 0 amide bonds. The van der Waals surface area contributed by atoms with E-state index in [0.717, 1.165) is 28.4 Å². The summed E-state index contributed by atoms with van der Waals surface area (Å²) < 4.78 is 5.15. The second-order valence-corrected chi connectivity index (χ2v) is 6.28. The molecule has 0 fully saturated rings. The molecule has 118 valence electrons. The Kier molecular flexibility index (Phi) is 3.87. The molecule has 0 bridgehead atoms. The van der Waals surface area contributed by atoms with Crippen LogP contribution in [-0.4, -0.2) is 21.2 Å². The van der Waals surface area contributed by atoms with Gasteiger partial charge in [-0.05, 0) is 26.0 Å². The normalized spacial score (nSPS) is 10.9. The molecule has 3 aromatic rings. The average Bonchev–Trinajstić information content (AvgIpc) is 3.06. The number of aryl methyl sites for hydroxylation is 2. The van der Waals surface area contributed by atoms with Crippen LogP contribution in [0.2, 0.25) is 0 Å². The first-order valence-electron chi connectivity index (χ1n) is 6.96. The number of hydrogen-bond acceptors (Lipinski definition) is 6. The van der Waals surface area contributed by atoms with Crippen LogP contribution in [0.5, 0.6) is 0 Å². The van der Waals surface area contributed by atoms with Crippen LogP contribution in [0.1, 0.15) is 31.7 Å². The Morgan fingerprint density at radius 1 is 1.39 bits per heavy atom. The summed E-state index contributed by atoms with van der Waals surface area (Å²) in [7, 11) is 0. The first kappa shape index (κ1) is 15.2. The van der Waals surface area contributed by atoms with Crippen molar-refractivity contribution in [2.75, 3.05) is 5.73 Å². The smallest absolute Gasteiger partial charge is 0.348 e. The fourth-order valence-corrected chi connectivity index (χ4v) is 3.31. The van der Waals surface area contributed by atoms with Crippen LogP contribution in [-0.2, 0) is 6.42 Å². The number of rotatable bonds is 4. The van der Waals surface area contributed by atoms with Crippen molar-refractivity contribution in [3.05, 3.63) is 51.2 Å². The summed E-state index contributed by atoms with van der Waals surface area (Å²) in [6.45, 7) is 3.69. The van der Waals surface area contributed by atoms with E-state index in [1.54, 1.807) is 24.3 Å². The molecule has 2 heterocycles. The van der Waals surface area contributed by atoms with E-state index in [0.29, 0.717) is 28.4 Å². The van der Waals surface area contributed by atoms with Crippen LogP contribution >= 0.6 is 11.3 Å². The van der Waals surface area contributed by atoms with Crippen molar-refractivity contribution in [1.29, 1.82) is 0 Å². The molecule has 6 nitrogen and oxygen atoms in total. The predicted octanol–water partition coefficient (Wildman–Crippen LogP) is 3.29. The number of thiazole rings is 1. The van der Waals surface area contributed by atoms with Crippen molar-refractivity contribution < 1.29 is 14.4 Å². The molecule has 2 aromatic heterocycles. The molecule has 0 saturated carbocycles. The van der Waals surface area contributed by atoms with Gasteiger partial charge in [0.1, 0.15) is 10.6 Å². The highest BCUT2D eigenvalue weighted by atomic mass is 32.1. The number of aromatic carboxylic acids is 1. The third-order valence-electron chi connectivity index (χ3n) is 3.53. The molecule has 0 aliphatic rings. The van der Waals surface area contributed by atoms with Gasteiger partial charge in [-0.1, -0.05) is 17.3 Å². The highest BCUT2D eigenvalue weighted by Crippen LogP contribution is 2.31. The lowest BCUT2D eigenvalue weighted by molar-refractivity contribution is 0.0702. The summed E-state index contributed by atoms with van der Waals surface area (Å²) in [6.07, 6.45) is 0.494. The van der Waals surface area contributed by atoms with E-state index >= 15 is 0 Å². The number of carboxylic acids is 1. The molecule has 23 heavy (non-hydrogen) atoms. The molecule has 0 unspecified atom stereocenters. The third kappa shape index (κ3) is 2.95. The number of benzene rings is 1. The van der Waals surface area contributed by atoms with E-state index in [1.165, 1.54) is 0 Å². The maximum absolute atomic E-state index is 11.5. The van der Waals surface area contributed by atoms with E-state index in [1.807, 2.05) is 13.8 Å². The zero-order chi connectivity index (χ0) is 16.6. The number of nitrogens with zero attached hydrogens (tertiary/aromatic N) is 2. The molecule has 3 rings (SSSR count). The Bertz CT molecular complexity index is 863. The topological polar surface area (TPSA) is 102 Å². The van der Waals surface area contributed by atoms with Crippen LogP contribution in [0.3, 0.4) is 0 Å². The Balaban J connectivity index is 2.04. The van der Waals surface area contributed by atoms with Crippen LogP contribution in [0.25, 0.3) is 11.3 Å². The standard InChI is InChI=1S/C16H15N3O3S/c1-8-12(9(2)22-19-8)7-13-18-14(15(23-13)16(20)21)10-4-3-5-11(17)6-10/h3-6H,7,17H2,1-2H3,(H,20,21). The molecule has 3 N–H and O–H groups in total. The Hall–Kier alpha value is -2.67. The predicted molar refractivity (Wildman–Crippen MR) is 87.7 cm³/mol. The van der Waals surface area contributed by atoms with Gasteiger partial charge in [0.05, 0.1) is 16.4 Å². The summed E-state index contributed by atoms with van der Waals surface area (Å²) in [6, 6.07) is 7.06. The number of carboxylic acid groups (broad SMARTS) is 1. The van der Waals surface area contributed by atoms with Gasteiger partial charge in [-0.2, -0.15) is 0 Å². The molecule has 0 saturated heterocycles. The molecule has 0 atom stereocenters. The van der Waals surface area contributed by atoms with Gasteiger partial charge >= 0.3 is 5.97 Å². The van der Waals surface area contributed by atoms with Crippen molar-refractivity contribution in [3.63, 3.8) is 0 Å². The van der Waals surface area contributed by atoms with Crippen LogP contribution in [0, 0.1) is 13.8 Å². The van der Waals surface area contributed by atoms with E-state index in [-0.39, 0.29) is 4.88 Å². The second-order valence-electron chi connectivity index (χ2n) is 5.20. The van der Waals surface area contributed by atoms with Crippen LogP contribution < -0.4 is 5.73 Å². The maximum atomic E-state index is 11.5. The van der Waals surface area contributed by atoms with Crippen molar-refractivity contribution in [3.8, 4) is 11.3 Å². The lowest BCUT2D eigenvalue weighted by atomic mass is 10.1. The van der Waals surface area contributed by atoms with Crippen LogP contribution in [0.15, 0.2) is 28.8 Å². The number of aromatic nitrogens is 2. The first-order chi connectivity index (χ1) is 11.0. The molecule has 0 spiro atoms. The molecule has 1 aromatic carbocycles. The average molecular weight is 329 g/mol. The zero-order valence-corrected chi connectivity index (χ0v) is 13.5. The first-order valence-corrected chi connectivity index (χ1v) is 7.78. The monoisotopic (exact) mass is 329 g/mol. The summed E-state index contributed by atoms with van der Waals surface area (Å²) >= 11 is 1.16. The van der Waals surface area contributed by atoms with Crippen molar-refractivity contribution in [2.45, 2.75) is 20.3 Å². The lowest BCUT2D eigenvalue weighted by Gasteiger charge is -2.00. The van der Waals surface area contributed by atoms with E-state index in [2.05, 4.69) is 10.1 Å². The molecule has 0 aliphatic carbocycles. The quantitative estimate of drug-likeness (QED) is 0.712. The second kappa shape index (κ2) is 5.85. The number of hydrogen-bond donors (Lipinski definition) is 2. The zero-order valence-electron chi connectivity index (χ0n) is 12.7. The number of nitrogen functional groups attached to an aromatic ring is 1. The highest BCUT2D eigenvalue weighted by molar-refractivity contribution is 7.14. The molecule has 0 aliphatic heterocycles. The van der Waals surface area contributed by atoms with Gasteiger partial charge in [-0.15, -0.1) is 11.3 Å². The summed E-state index contributed by atoms with van der Waals surface area (Å²) in [5.41, 5.74) is 9.22. The molecular weight excluding hydrogens is 314 g/mol. The third-order valence-corrected chi connectivity index (χ3v) is 4.58. The number of carbonyl (C=O) groups is 1. The van der Waals surface area contributed by atoms with E-state index in [9.17, 15) is 9.90 Å². The largest absolute Gasteiger partial charge is 0.477 e. The van der Waals surface area contributed by atoms with Crippen LogP contribution in [0.4, 0.5) is 5.69 Å². The van der Waals surface area contributed by atoms with Gasteiger partial charge in [-0.3, -0.25) is 0 Å². The summed E-state index contributed by atoms with van der Waals surface area (Å²) in [5, 5.41) is 14.1. The summed E-state index contributed by atoms with van der Waals surface area (Å²) in [5.74, 6) is -0.273. The fourth-order valence-electron chi connectivity index (χ4n) is 2.37. The van der Waals surface area contributed by atoms with Gasteiger partial charge in [0, 0.05) is 23.2 Å². The van der Waals surface area contributed by atoms with Gasteiger partial charge in [0.15, 0.2) is 0 Å². The minimum atomic E-state index is -0.995. The number of anilines is 1. The van der Waals surface area contributed by atoms with Gasteiger partial charge in [0.2, 0.25) is 0 Å². The van der Waals surface area contributed by atoms with Gasteiger partial charge in [0.25, 0.3) is 0 Å². The van der Waals surface area contributed by atoms with Crippen molar-refractivity contribution in [2.24, 2.45) is 0 Å². The molecule has 0 radical (unpaired) electrons. The van der Waals surface area contributed by atoms with Gasteiger partial charge < -0.3 is 15.4 Å². The SMILES string of the molecule is Cc1noc(C)c1Cc1nc(-c2cccc(N)c2)c(C(=O)O)s1. The lowest BCUT2D eigenvalue weighted by Crippen LogP contribution is -1.96. The maximum Gasteiger partial charge on any atom is 0.348 e.